The first-order chi connectivity index (χ1) is 10.3. The maximum Gasteiger partial charge on any atom is 0.124 e. The zero-order chi connectivity index (χ0) is 15.1. The van der Waals surface area contributed by atoms with Crippen LogP contribution in [-0.4, -0.2) is 24.4 Å². The van der Waals surface area contributed by atoms with Crippen molar-refractivity contribution in [2.45, 2.75) is 39.3 Å². The second kappa shape index (κ2) is 8.01. The lowest BCUT2D eigenvalue weighted by Gasteiger charge is -2.16. The van der Waals surface area contributed by atoms with Gasteiger partial charge in [0, 0.05) is 12.1 Å². The molecule has 0 fully saturated rings. The Balaban J connectivity index is 2.27. The Hall–Kier alpha value is -1.58. The predicted molar refractivity (Wildman–Crippen MR) is 87.7 cm³/mol. The average molecular weight is 287 g/mol. The number of rotatable bonds is 8. The number of hydrogen-bond acceptors (Lipinski definition) is 3. The van der Waals surface area contributed by atoms with Crippen LogP contribution in [0.1, 0.15) is 32.3 Å². The molecule has 0 aliphatic heterocycles. The van der Waals surface area contributed by atoms with Crippen LogP contribution >= 0.6 is 0 Å². The van der Waals surface area contributed by atoms with E-state index in [0.717, 1.165) is 25.3 Å². The zero-order valence-electron chi connectivity index (χ0n) is 12.9. The fraction of sp³-hybridized carbons (Fsp3) is 0.444. The van der Waals surface area contributed by atoms with Crippen LogP contribution in [0.25, 0.3) is 10.8 Å². The van der Waals surface area contributed by atoms with Gasteiger partial charge >= 0.3 is 0 Å². The van der Waals surface area contributed by atoms with Crippen molar-refractivity contribution < 1.29 is 9.84 Å². The van der Waals surface area contributed by atoms with E-state index < -0.39 is 6.10 Å². The molecule has 0 saturated heterocycles. The van der Waals surface area contributed by atoms with Gasteiger partial charge in [-0.15, -0.1) is 0 Å². The van der Waals surface area contributed by atoms with Gasteiger partial charge in [0.15, 0.2) is 0 Å². The van der Waals surface area contributed by atoms with Crippen molar-refractivity contribution in [1.82, 2.24) is 5.32 Å². The van der Waals surface area contributed by atoms with Crippen LogP contribution in [0.4, 0.5) is 0 Å². The maximum absolute atomic E-state index is 9.70. The molecule has 3 heteroatoms. The quantitative estimate of drug-likeness (QED) is 0.730. The fourth-order valence-electron chi connectivity index (χ4n) is 2.33. The van der Waals surface area contributed by atoms with Crippen molar-refractivity contribution >= 4 is 10.8 Å². The summed E-state index contributed by atoms with van der Waals surface area (Å²) in [5.74, 6) is 0.866. The summed E-state index contributed by atoms with van der Waals surface area (Å²) < 4.78 is 5.84. The average Bonchev–Trinajstić information content (AvgIpc) is 2.53. The summed E-state index contributed by atoms with van der Waals surface area (Å²) in [6.07, 6.45) is 1.40. The van der Waals surface area contributed by atoms with Crippen LogP contribution in [0.3, 0.4) is 0 Å². The molecule has 0 aliphatic rings. The smallest absolute Gasteiger partial charge is 0.124 e. The Morgan fingerprint density at radius 3 is 2.71 bits per heavy atom. The standard InChI is InChI=1S/C18H25NO2/c1-3-11-19-12-17-16-8-6-5-7-14(16)9-10-18(17)21-13-15(20)4-2/h5-10,15,19-20H,3-4,11-13H2,1-2H3. The van der Waals surface area contributed by atoms with Gasteiger partial charge < -0.3 is 15.2 Å². The lowest BCUT2D eigenvalue weighted by atomic mass is 10.0. The van der Waals surface area contributed by atoms with Crippen LogP contribution in [-0.2, 0) is 6.54 Å². The highest BCUT2D eigenvalue weighted by Crippen LogP contribution is 2.28. The van der Waals surface area contributed by atoms with Crippen molar-refractivity contribution in [3.8, 4) is 5.75 Å². The molecule has 2 rings (SSSR count). The topological polar surface area (TPSA) is 41.5 Å². The second-order valence-electron chi connectivity index (χ2n) is 5.31. The molecule has 0 saturated carbocycles. The number of hydrogen-bond donors (Lipinski definition) is 2. The molecule has 2 aromatic rings. The Morgan fingerprint density at radius 2 is 1.95 bits per heavy atom. The van der Waals surface area contributed by atoms with E-state index in [0.29, 0.717) is 13.0 Å². The molecule has 114 valence electrons. The summed E-state index contributed by atoms with van der Waals surface area (Å²) in [5, 5.41) is 15.6. The molecule has 3 nitrogen and oxygen atoms in total. The molecular weight excluding hydrogens is 262 g/mol. The monoisotopic (exact) mass is 287 g/mol. The van der Waals surface area contributed by atoms with Crippen LogP contribution in [0.15, 0.2) is 36.4 Å². The van der Waals surface area contributed by atoms with E-state index in [2.05, 4.69) is 36.5 Å². The van der Waals surface area contributed by atoms with Crippen molar-refractivity contribution in [3.63, 3.8) is 0 Å². The van der Waals surface area contributed by atoms with E-state index in [4.69, 9.17) is 4.74 Å². The van der Waals surface area contributed by atoms with E-state index >= 15 is 0 Å². The first-order valence-corrected chi connectivity index (χ1v) is 7.78. The van der Waals surface area contributed by atoms with Crippen LogP contribution in [0.5, 0.6) is 5.75 Å². The molecule has 21 heavy (non-hydrogen) atoms. The predicted octanol–water partition coefficient (Wildman–Crippen LogP) is 3.49. The van der Waals surface area contributed by atoms with Gasteiger partial charge in [-0.05, 0) is 36.2 Å². The Morgan fingerprint density at radius 1 is 1.14 bits per heavy atom. The Labute approximate surface area is 126 Å². The van der Waals surface area contributed by atoms with Crippen LogP contribution in [0.2, 0.25) is 0 Å². The lowest BCUT2D eigenvalue weighted by molar-refractivity contribution is 0.104. The first kappa shape index (κ1) is 15.8. The van der Waals surface area contributed by atoms with Gasteiger partial charge in [0.1, 0.15) is 12.4 Å². The minimum absolute atomic E-state index is 0.343. The summed E-state index contributed by atoms with van der Waals surface area (Å²) in [6.45, 7) is 6.23. The molecular formula is C18H25NO2. The molecule has 0 spiro atoms. The van der Waals surface area contributed by atoms with Crippen molar-refractivity contribution in [3.05, 3.63) is 42.0 Å². The van der Waals surface area contributed by atoms with Gasteiger partial charge in [0.2, 0.25) is 0 Å². The number of fused-ring (bicyclic) bond motifs is 1. The van der Waals surface area contributed by atoms with Gasteiger partial charge in [-0.1, -0.05) is 44.2 Å². The fourth-order valence-corrected chi connectivity index (χ4v) is 2.33. The summed E-state index contributed by atoms with van der Waals surface area (Å²) >= 11 is 0. The highest BCUT2D eigenvalue weighted by molar-refractivity contribution is 5.87. The van der Waals surface area contributed by atoms with Crippen molar-refractivity contribution in [2.75, 3.05) is 13.2 Å². The van der Waals surface area contributed by atoms with Gasteiger partial charge in [-0.3, -0.25) is 0 Å². The van der Waals surface area contributed by atoms with E-state index in [1.165, 1.54) is 16.3 Å². The van der Waals surface area contributed by atoms with Gasteiger partial charge in [-0.2, -0.15) is 0 Å². The number of aliphatic hydroxyl groups excluding tert-OH is 1. The van der Waals surface area contributed by atoms with Crippen molar-refractivity contribution in [2.24, 2.45) is 0 Å². The zero-order valence-corrected chi connectivity index (χ0v) is 12.9. The first-order valence-electron chi connectivity index (χ1n) is 7.78. The maximum atomic E-state index is 9.70. The van der Waals surface area contributed by atoms with Gasteiger partial charge in [0.05, 0.1) is 6.10 Å². The van der Waals surface area contributed by atoms with E-state index in [1.54, 1.807) is 0 Å². The second-order valence-corrected chi connectivity index (χ2v) is 5.31. The molecule has 1 atom stereocenters. The third-order valence-electron chi connectivity index (χ3n) is 3.63. The Bertz CT molecular complexity index is 568. The molecule has 0 radical (unpaired) electrons. The minimum Gasteiger partial charge on any atom is -0.491 e. The van der Waals surface area contributed by atoms with Crippen molar-refractivity contribution in [1.29, 1.82) is 0 Å². The molecule has 0 amide bonds. The molecule has 0 heterocycles. The molecule has 0 aromatic heterocycles. The third kappa shape index (κ3) is 4.19. The summed E-state index contributed by atoms with van der Waals surface area (Å²) in [7, 11) is 0. The highest BCUT2D eigenvalue weighted by Gasteiger charge is 2.10. The number of aliphatic hydroxyl groups is 1. The minimum atomic E-state index is -0.409. The number of benzene rings is 2. The van der Waals surface area contributed by atoms with Gasteiger partial charge in [-0.25, -0.2) is 0 Å². The van der Waals surface area contributed by atoms with Gasteiger partial charge in [0.25, 0.3) is 0 Å². The van der Waals surface area contributed by atoms with E-state index in [-0.39, 0.29) is 0 Å². The number of nitrogens with one attached hydrogen (secondary N) is 1. The molecule has 0 bridgehead atoms. The van der Waals surface area contributed by atoms with Crippen LogP contribution < -0.4 is 10.1 Å². The molecule has 2 N–H and O–H groups in total. The number of ether oxygens (including phenoxy) is 1. The summed E-state index contributed by atoms with van der Waals surface area (Å²) in [5.41, 5.74) is 1.17. The highest BCUT2D eigenvalue weighted by atomic mass is 16.5. The van der Waals surface area contributed by atoms with E-state index in [1.807, 2.05) is 19.1 Å². The molecule has 2 aromatic carbocycles. The van der Waals surface area contributed by atoms with Crippen LogP contribution in [0, 0.1) is 0 Å². The SMILES string of the molecule is CCCNCc1c(OCC(O)CC)ccc2ccccc12. The third-order valence-corrected chi connectivity index (χ3v) is 3.63. The Kier molecular flexibility index (Phi) is 6.03. The summed E-state index contributed by atoms with van der Waals surface area (Å²) in [4.78, 5) is 0. The lowest BCUT2D eigenvalue weighted by Crippen LogP contribution is -2.19. The molecule has 0 aliphatic carbocycles. The summed E-state index contributed by atoms with van der Waals surface area (Å²) in [6, 6.07) is 12.4. The largest absolute Gasteiger partial charge is 0.491 e. The normalized spacial score (nSPS) is 12.5. The van der Waals surface area contributed by atoms with E-state index in [9.17, 15) is 5.11 Å². The molecule has 1 unspecified atom stereocenters.